The highest BCUT2D eigenvalue weighted by Gasteiger charge is 2.39. The van der Waals surface area contributed by atoms with Crippen molar-refractivity contribution in [3.05, 3.63) is 29.8 Å². The number of amides is 1. The second kappa shape index (κ2) is 4.14. The molecule has 1 aliphatic rings. The predicted octanol–water partition coefficient (Wildman–Crippen LogP) is 0.445. The average molecular weight is 221 g/mol. The first-order chi connectivity index (χ1) is 7.70. The molecule has 0 bridgehead atoms. The van der Waals surface area contributed by atoms with Gasteiger partial charge >= 0.3 is 0 Å². The normalized spacial score (nSPS) is 24.2. The summed E-state index contributed by atoms with van der Waals surface area (Å²) in [6.07, 6.45) is 0.343. The minimum atomic E-state index is -0.469. The number of carbonyl (C=O) groups is 1. The predicted molar refractivity (Wildman–Crippen MR) is 59.4 cm³/mol. The first-order valence-electron chi connectivity index (χ1n) is 5.22. The molecule has 1 unspecified atom stereocenters. The lowest BCUT2D eigenvalue weighted by molar-refractivity contribution is -0.119. The van der Waals surface area contributed by atoms with Crippen LogP contribution < -0.4 is 10.1 Å². The van der Waals surface area contributed by atoms with Gasteiger partial charge < -0.3 is 15.2 Å². The molecule has 1 amide bonds. The summed E-state index contributed by atoms with van der Waals surface area (Å²) in [7, 11) is 1.61. The van der Waals surface area contributed by atoms with Gasteiger partial charge in [-0.15, -0.1) is 0 Å². The number of rotatable bonds is 3. The molecule has 0 spiro atoms. The zero-order valence-electron chi connectivity index (χ0n) is 9.19. The Kier molecular flexibility index (Phi) is 2.83. The highest BCUT2D eigenvalue weighted by molar-refractivity contribution is 5.80. The molecule has 1 heterocycles. The van der Waals surface area contributed by atoms with Gasteiger partial charge in [-0.25, -0.2) is 0 Å². The minimum absolute atomic E-state index is 0.00938. The smallest absolute Gasteiger partial charge is 0.221 e. The van der Waals surface area contributed by atoms with Gasteiger partial charge in [0.25, 0.3) is 0 Å². The third-order valence-electron chi connectivity index (χ3n) is 3.13. The van der Waals surface area contributed by atoms with Crippen LogP contribution >= 0.6 is 0 Å². The average Bonchev–Trinajstić information content (AvgIpc) is 2.72. The Bertz CT molecular complexity index is 388. The van der Waals surface area contributed by atoms with Gasteiger partial charge in [-0.3, -0.25) is 4.79 Å². The number of hydrogen-bond acceptors (Lipinski definition) is 3. The number of hydrogen-bond donors (Lipinski definition) is 2. The molecule has 1 aromatic carbocycles. The Morgan fingerprint density at radius 3 is 2.56 bits per heavy atom. The third kappa shape index (κ3) is 1.76. The van der Waals surface area contributed by atoms with E-state index in [-0.39, 0.29) is 12.5 Å². The summed E-state index contributed by atoms with van der Waals surface area (Å²) < 4.78 is 5.07. The second-order valence-electron chi connectivity index (χ2n) is 4.12. The monoisotopic (exact) mass is 221 g/mol. The Balaban J connectivity index is 2.30. The van der Waals surface area contributed by atoms with E-state index in [2.05, 4.69) is 5.32 Å². The van der Waals surface area contributed by atoms with Gasteiger partial charge in [0, 0.05) is 18.4 Å². The van der Waals surface area contributed by atoms with Crippen molar-refractivity contribution in [2.75, 3.05) is 20.3 Å². The zero-order chi connectivity index (χ0) is 11.6. The van der Waals surface area contributed by atoms with Gasteiger partial charge in [-0.1, -0.05) is 12.1 Å². The third-order valence-corrected chi connectivity index (χ3v) is 3.13. The van der Waals surface area contributed by atoms with Gasteiger partial charge in [0.05, 0.1) is 13.7 Å². The molecule has 2 rings (SSSR count). The molecule has 0 aliphatic carbocycles. The van der Waals surface area contributed by atoms with E-state index in [4.69, 9.17) is 4.74 Å². The van der Waals surface area contributed by atoms with E-state index < -0.39 is 5.41 Å². The van der Waals surface area contributed by atoms with Gasteiger partial charge in [0.2, 0.25) is 5.91 Å². The Morgan fingerprint density at radius 1 is 1.44 bits per heavy atom. The van der Waals surface area contributed by atoms with Crippen LogP contribution in [0.3, 0.4) is 0 Å². The second-order valence-corrected chi connectivity index (χ2v) is 4.12. The van der Waals surface area contributed by atoms with Crippen LogP contribution in [0.1, 0.15) is 12.0 Å². The van der Waals surface area contributed by atoms with Crippen LogP contribution in [0.25, 0.3) is 0 Å². The Labute approximate surface area is 94.2 Å². The molecule has 1 aromatic rings. The number of methoxy groups -OCH3 is 1. The summed E-state index contributed by atoms with van der Waals surface area (Å²) >= 11 is 0. The fraction of sp³-hybridized carbons (Fsp3) is 0.417. The number of aliphatic hydroxyl groups excluding tert-OH is 1. The van der Waals surface area contributed by atoms with E-state index >= 15 is 0 Å². The zero-order valence-corrected chi connectivity index (χ0v) is 9.19. The van der Waals surface area contributed by atoms with E-state index in [9.17, 15) is 9.90 Å². The number of benzene rings is 1. The van der Waals surface area contributed by atoms with Crippen molar-refractivity contribution in [2.24, 2.45) is 0 Å². The Morgan fingerprint density at radius 2 is 2.12 bits per heavy atom. The van der Waals surface area contributed by atoms with Gasteiger partial charge in [-0.05, 0) is 17.7 Å². The van der Waals surface area contributed by atoms with Crippen molar-refractivity contribution in [1.29, 1.82) is 0 Å². The molecule has 0 aromatic heterocycles. The summed E-state index contributed by atoms with van der Waals surface area (Å²) in [6, 6.07) is 7.48. The molecule has 0 saturated carbocycles. The summed E-state index contributed by atoms with van der Waals surface area (Å²) in [6.45, 7) is 0.465. The quantitative estimate of drug-likeness (QED) is 0.779. The van der Waals surface area contributed by atoms with E-state index in [1.165, 1.54) is 0 Å². The van der Waals surface area contributed by atoms with Crippen molar-refractivity contribution >= 4 is 5.91 Å². The lowest BCUT2D eigenvalue weighted by atomic mass is 9.80. The van der Waals surface area contributed by atoms with Crippen molar-refractivity contribution in [1.82, 2.24) is 5.32 Å². The fourth-order valence-electron chi connectivity index (χ4n) is 2.05. The van der Waals surface area contributed by atoms with Crippen LogP contribution in [-0.4, -0.2) is 31.3 Å². The van der Waals surface area contributed by atoms with Crippen LogP contribution in [0.4, 0.5) is 0 Å². The lowest BCUT2D eigenvalue weighted by Gasteiger charge is -2.25. The van der Waals surface area contributed by atoms with Crippen LogP contribution in [0.5, 0.6) is 5.75 Å². The molecule has 1 saturated heterocycles. The van der Waals surface area contributed by atoms with Gasteiger partial charge in [-0.2, -0.15) is 0 Å². The molecule has 0 radical (unpaired) electrons. The highest BCUT2D eigenvalue weighted by Crippen LogP contribution is 2.31. The number of carbonyl (C=O) groups excluding carboxylic acids is 1. The van der Waals surface area contributed by atoms with Crippen molar-refractivity contribution in [3.8, 4) is 5.75 Å². The summed E-state index contributed by atoms with van der Waals surface area (Å²) in [4.78, 5) is 11.3. The maximum Gasteiger partial charge on any atom is 0.221 e. The largest absolute Gasteiger partial charge is 0.497 e. The first-order valence-corrected chi connectivity index (χ1v) is 5.22. The van der Waals surface area contributed by atoms with Gasteiger partial charge in [0.15, 0.2) is 0 Å². The maximum absolute atomic E-state index is 11.3. The summed E-state index contributed by atoms with van der Waals surface area (Å²) in [5.41, 5.74) is 0.498. The van der Waals surface area contributed by atoms with Crippen molar-refractivity contribution in [3.63, 3.8) is 0 Å². The number of ether oxygens (including phenoxy) is 1. The van der Waals surface area contributed by atoms with E-state index in [1.807, 2.05) is 24.3 Å². The van der Waals surface area contributed by atoms with Gasteiger partial charge in [0.1, 0.15) is 5.75 Å². The van der Waals surface area contributed by atoms with E-state index in [1.54, 1.807) is 7.11 Å². The maximum atomic E-state index is 11.3. The molecule has 2 N–H and O–H groups in total. The van der Waals surface area contributed by atoms with Crippen LogP contribution in [-0.2, 0) is 10.2 Å². The summed E-state index contributed by atoms with van der Waals surface area (Å²) in [5, 5.41) is 12.2. The van der Waals surface area contributed by atoms with E-state index in [0.717, 1.165) is 11.3 Å². The molecule has 1 aliphatic heterocycles. The lowest BCUT2D eigenvalue weighted by Crippen LogP contribution is -2.32. The topological polar surface area (TPSA) is 58.6 Å². The van der Waals surface area contributed by atoms with Crippen molar-refractivity contribution in [2.45, 2.75) is 11.8 Å². The summed E-state index contributed by atoms with van der Waals surface area (Å²) in [5.74, 6) is 0.763. The first kappa shape index (κ1) is 11.0. The molecule has 86 valence electrons. The SMILES string of the molecule is COc1ccc(C2(CO)CNC(=O)C2)cc1. The van der Waals surface area contributed by atoms with Crippen molar-refractivity contribution < 1.29 is 14.6 Å². The standard InChI is InChI=1S/C12H15NO3/c1-16-10-4-2-9(3-5-10)12(8-14)6-11(15)13-7-12/h2-5,14H,6-8H2,1H3,(H,13,15). The molecule has 1 atom stereocenters. The van der Waals surface area contributed by atoms with E-state index in [0.29, 0.717) is 13.0 Å². The number of aliphatic hydroxyl groups is 1. The fourth-order valence-corrected chi connectivity index (χ4v) is 2.05. The molecule has 1 fully saturated rings. The molecule has 4 heteroatoms. The molecular formula is C12H15NO3. The molecular weight excluding hydrogens is 206 g/mol. The number of nitrogens with one attached hydrogen (secondary N) is 1. The van der Waals surface area contributed by atoms with Crippen LogP contribution in [0.15, 0.2) is 24.3 Å². The minimum Gasteiger partial charge on any atom is -0.497 e. The molecule has 16 heavy (non-hydrogen) atoms. The van der Waals surface area contributed by atoms with Crippen LogP contribution in [0, 0.1) is 0 Å². The Hall–Kier alpha value is -1.55. The van der Waals surface area contributed by atoms with Crippen LogP contribution in [0.2, 0.25) is 0 Å². The molecule has 4 nitrogen and oxygen atoms in total. The highest BCUT2D eigenvalue weighted by atomic mass is 16.5.